The van der Waals surface area contributed by atoms with Crippen molar-refractivity contribution in [1.29, 1.82) is 0 Å². The highest BCUT2D eigenvalue weighted by Gasteiger charge is 2.25. The summed E-state index contributed by atoms with van der Waals surface area (Å²) >= 11 is 0. The SMILES string of the molecule is CC(C)NC(=O)C(N)CC(=O)N(C(C)C)C(C)C. The number of nitrogens with one attached hydrogen (secondary N) is 1. The zero-order valence-corrected chi connectivity index (χ0v) is 12.4. The van der Waals surface area contributed by atoms with Gasteiger partial charge in [-0.3, -0.25) is 9.59 Å². The molecule has 0 fully saturated rings. The first-order valence-electron chi connectivity index (χ1n) is 6.53. The number of amides is 2. The number of rotatable bonds is 6. The van der Waals surface area contributed by atoms with E-state index in [9.17, 15) is 9.59 Å². The molecule has 0 rings (SSSR count). The van der Waals surface area contributed by atoms with Gasteiger partial charge in [0.2, 0.25) is 11.8 Å². The van der Waals surface area contributed by atoms with Crippen LogP contribution in [-0.2, 0) is 9.59 Å². The van der Waals surface area contributed by atoms with E-state index >= 15 is 0 Å². The van der Waals surface area contributed by atoms with Crippen molar-refractivity contribution in [3.8, 4) is 0 Å². The van der Waals surface area contributed by atoms with Gasteiger partial charge in [0.05, 0.1) is 12.5 Å². The first-order chi connectivity index (χ1) is 8.16. The summed E-state index contributed by atoms with van der Waals surface area (Å²) in [6, 6.07) is -0.527. The molecule has 18 heavy (non-hydrogen) atoms. The largest absolute Gasteiger partial charge is 0.353 e. The van der Waals surface area contributed by atoms with Crippen molar-refractivity contribution in [2.24, 2.45) is 5.73 Å². The quantitative estimate of drug-likeness (QED) is 0.741. The van der Waals surface area contributed by atoms with Crippen LogP contribution in [0.4, 0.5) is 0 Å². The van der Waals surface area contributed by atoms with Crippen molar-refractivity contribution in [2.45, 2.75) is 72.1 Å². The summed E-state index contributed by atoms with van der Waals surface area (Å²) in [5.41, 5.74) is 5.74. The minimum atomic E-state index is -0.778. The van der Waals surface area contributed by atoms with Crippen LogP contribution in [0.25, 0.3) is 0 Å². The predicted molar refractivity (Wildman–Crippen MR) is 73.0 cm³/mol. The lowest BCUT2D eigenvalue weighted by atomic mass is 10.1. The summed E-state index contributed by atoms with van der Waals surface area (Å²) in [6.45, 7) is 11.5. The van der Waals surface area contributed by atoms with E-state index in [4.69, 9.17) is 5.73 Å². The average Bonchev–Trinajstić information content (AvgIpc) is 2.14. The molecule has 0 spiro atoms. The number of nitrogens with two attached hydrogens (primary N) is 1. The summed E-state index contributed by atoms with van der Waals surface area (Å²) < 4.78 is 0. The van der Waals surface area contributed by atoms with E-state index in [1.54, 1.807) is 4.90 Å². The maximum atomic E-state index is 12.1. The molecule has 0 aliphatic heterocycles. The lowest BCUT2D eigenvalue weighted by Crippen LogP contribution is -2.49. The molecule has 0 aliphatic carbocycles. The maximum absolute atomic E-state index is 12.1. The van der Waals surface area contributed by atoms with Crippen molar-refractivity contribution < 1.29 is 9.59 Å². The predicted octanol–water partition coefficient (Wildman–Crippen LogP) is 0.874. The average molecular weight is 257 g/mol. The van der Waals surface area contributed by atoms with Crippen LogP contribution in [0, 0.1) is 0 Å². The van der Waals surface area contributed by atoms with Gasteiger partial charge in [0, 0.05) is 18.1 Å². The molecule has 2 amide bonds. The summed E-state index contributed by atoms with van der Waals surface area (Å²) in [5.74, 6) is -0.350. The van der Waals surface area contributed by atoms with E-state index in [0.29, 0.717) is 0 Å². The Morgan fingerprint density at radius 1 is 1.06 bits per heavy atom. The fraction of sp³-hybridized carbons (Fsp3) is 0.846. The number of nitrogens with zero attached hydrogens (tertiary/aromatic N) is 1. The van der Waals surface area contributed by atoms with Crippen molar-refractivity contribution in [1.82, 2.24) is 10.2 Å². The van der Waals surface area contributed by atoms with E-state index < -0.39 is 6.04 Å². The molecule has 3 N–H and O–H groups in total. The van der Waals surface area contributed by atoms with Crippen LogP contribution in [0.2, 0.25) is 0 Å². The van der Waals surface area contributed by atoms with Gasteiger partial charge in [0.25, 0.3) is 0 Å². The summed E-state index contributed by atoms with van der Waals surface area (Å²) in [7, 11) is 0. The Balaban J connectivity index is 4.50. The van der Waals surface area contributed by atoms with Crippen molar-refractivity contribution in [3.05, 3.63) is 0 Å². The Morgan fingerprint density at radius 2 is 1.50 bits per heavy atom. The van der Waals surface area contributed by atoms with Gasteiger partial charge >= 0.3 is 0 Å². The standard InChI is InChI=1S/C13H27N3O2/c1-8(2)15-13(18)11(14)7-12(17)16(9(3)4)10(5)6/h8-11H,7,14H2,1-6H3,(H,15,18). The molecule has 0 radical (unpaired) electrons. The van der Waals surface area contributed by atoms with E-state index in [0.717, 1.165) is 0 Å². The molecule has 106 valence electrons. The van der Waals surface area contributed by atoms with Crippen LogP contribution >= 0.6 is 0 Å². The smallest absolute Gasteiger partial charge is 0.237 e. The minimum Gasteiger partial charge on any atom is -0.353 e. The van der Waals surface area contributed by atoms with Gasteiger partial charge in [-0.25, -0.2) is 0 Å². The van der Waals surface area contributed by atoms with E-state index in [2.05, 4.69) is 5.32 Å². The van der Waals surface area contributed by atoms with Gasteiger partial charge < -0.3 is 16.0 Å². The molecule has 0 aromatic carbocycles. The lowest BCUT2D eigenvalue weighted by molar-refractivity contribution is -0.137. The topological polar surface area (TPSA) is 75.4 Å². The third-order valence-corrected chi connectivity index (χ3v) is 2.56. The highest BCUT2D eigenvalue weighted by atomic mass is 16.2. The molecule has 5 heteroatoms. The van der Waals surface area contributed by atoms with Gasteiger partial charge in [0.15, 0.2) is 0 Å². The molecule has 0 aliphatic rings. The molecular weight excluding hydrogens is 230 g/mol. The Labute approximate surface area is 110 Å². The summed E-state index contributed by atoms with van der Waals surface area (Å²) in [5, 5.41) is 2.71. The van der Waals surface area contributed by atoms with Gasteiger partial charge in [0.1, 0.15) is 0 Å². The van der Waals surface area contributed by atoms with Crippen LogP contribution in [-0.4, -0.2) is 40.9 Å². The molecule has 0 aromatic rings. The zero-order valence-electron chi connectivity index (χ0n) is 12.4. The molecule has 0 aromatic heterocycles. The molecular formula is C13H27N3O2. The van der Waals surface area contributed by atoms with Gasteiger partial charge in [-0.2, -0.15) is 0 Å². The second-order valence-electron chi connectivity index (χ2n) is 5.46. The molecule has 0 saturated carbocycles. The van der Waals surface area contributed by atoms with Crippen molar-refractivity contribution >= 4 is 11.8 Å². The van der Waals surface area contributed by atoms with Crippen LogP contribution in [0.3, 0.4) is 0 Å². The van der Waals surface area contributed by atoms with Crippen LogP contribution in [0.15, 0.2) is 0 Å². The highest BCUT2D eigenvalue weighted by Crippen LogP contribution is 2.08. The summed E-state index contributed by atoms with van der Waals surface area (Å²) in [4.78, 5) is 25.5. The van der Waals surface area contributed by atoms with Crippen molar-refractivity contribution in [3.63, 3.8) is 0 Å². The molecule has 1 atom stereocenters. The van der Waals surface area contributed by atoms with Gasteiger partial charge in [-0.15, -0.1) is 0 Å². The van der Waals surface area contributed by atoms with Gasteiger partial charge in [-0.05, 0) is 41.5 Å². The normalized spacial score (nSPS) is 13.0. The zero-order chi connectivity index (χ0) is 14.5. The molecule has 0 bridgehead atoms. The first kappa shape index (κ1) is 16.9. The number of carbonyl (C=O) groups excluding carboxylic acids is 2. The number of carbonyl (C=O) groups is 2. The Kier molecular flexibility index (Phi) is 6.91. The van der Waals surface area contributed by atoms with E-state index in [1.807, 2.05) is 41.5 Å². The van der Waals surface area contributed by atoms with Crippen LogP contribution in [0.1, 0.15) is 48.0 Å². The minimum absolute atomic E-state index is 0.0324. The maximum Gasteiger partial charge on any atom is 0.237 e. The van der Waals surface area contributed by atoms with Crippen molar-refractivity contribution in [2.75, 3.05) is 0 Å². The second kappa shape index (κ2) is 7.36. The molecule has 0 heterocycles. The lowest BCUT2D eigenvalue weighted by Gasteiger charge is -2.31. The Bertz CT molecular complexity index is 280. The third-order valence-electron chi connectivity index (χ3n) is 2.56. The fourth-order valence-electron chi connectivity index (χ4n) is 1.95. The Hall–Kier alpha value is -1.10. The second-order valence-corrected chi connectivity index (χ2v) is 5.46. The third kappa shape index (κ3) is 5.49. The molecule has 1 unspecified atom stereocenters. The summed E-state index contributed by atoms with van der Waals surface area (Å²) in [6.07, 6.45) is 0.0505. The fourth-order valence-corrected chi connectivity index (χ4v) is 1.95. The van der Waals surface area contributed by atoms with Crippen LogP contribution in [0.5, 0.6) is 0 Å². The first-order valence-corrected chi connectivity index (χ1v) is 6.53. The highest BCUT2D eigenvalue weighted by molar-refractivity contribution is 5.88. The number of hydrogen-bond acceptors (Lipinski definition) is 3. The number of hydrogen-bond donors (Lipinski definition) is 2. The van der Waals surface area contributed by atoms with Gasteiger partial charge in [-0.1, -0.05) is 0 Å². The van der Waals surface area contributed by atoms with E-state index in [1.165, 1.54) is 0 Å². The van der Waals surface area contributed by atoms with Crippen LogP contribution < -0.4 is 11.1 Å². The molecule has 0 saturated heterocycles. The Morgan fingerprint density at radius 3 is 1.83 bits per heavy atom. The van der Waals surface area contributed by atoms with E-state index in [-0.39, 0.29) is 36.4 Å². The monoisotopic (exact) mass is 257 g/mol. The molecule has 5 nitrogen and oxygen atoms in total.